The van der Waals surface area contributed by atoms with Crippen LogP contribution in [0.25, 0.3) is 0 Å². The van der Waals surface area contributed by atoms with E-state index in [1.807, 2.05) is 65.6 Å². The predicted molar refractivity (Wildman–Crippen MR) is 209 cm³/mol. The van der Waals surface area contributed by atoms with E-state index in [4.69, 9.17) is 19.8 Å². The molecule has 2 aromatic rings. The average molecular weight is 864 g/mol. The van der Waals surface area contributed by atoms with E-state index in [-0.39, 0.29) is 29.8 Å². The van der Waals surface area contributed by atoms with Gasteiger partial charge in [-0.1, -0.05) is 132 Å². The highest BCUT2D eigenvalue weighted by Crippen LogP contribution is 2.14. The van der Waals surface area contributed by atoms with E-state index < -0.39 is 24.3 Å². The van der Waals surface area contributed by atoms with E-state index in [1.165, 1.54) is 57.8 Å². The number of halogens is 6. The fourth-order valence-electron chi connectivity index (χ4n) is 5.69. The minimum atomic E-state index is -5.19. The lowest BCUT2D eigenvalue weighted by Crippen LogP contribution is -2.68. The third kappa shape index (κ3) is 29.5. The first-order valence-corrected chi connectivity index (χ1v) is 20.4. The van der Waals surface area contributed by atoms with Crippen molar-refractivity contribution < 1.29 is 72.0 Å². The van der Waals surface area contributed by atoms with Crippen LogP contribution in [-0.4, -0.2) is 85.2 Å². The molecule has 12 nitrogen and oxygen atoms in total. The van der Waals surface area contributed by atoms with E-state index in [1.54, 1.807) is 0 Å². The van der Waals surface area contributed by atoms with E-state index in [9.17, 15) is 40.7 Å². The number of carbonyl (C=O) groups excluding carboxylic acids is 5. The molecule has 0 radical (unpaired) electrons. The molecule has 0 aromatic heterocycles. The first kappa shape index (κ1) is 55.3. The van der Waals surface area contributed by atoms with Gasteiger partial charge in [-0.15, -0.1) is 0 Å². The number of unbranched alkanes of at least 4 members (excludes halogenated alkanes) is 10. The smallest absolute Gasteiger partial charge is 0.430 e. The highest BCUT2D eigenvalue weighted by atomic mass is 19.4. The summed E-state index contributed by atoms with van der Waals surface area (Å²) in [5.41, 5.74) is 10.3. The summed E-state index contributed by atoms with van der Waals surface area (Å²) in [7, 11) is 0. The van der Waals surface area contributed by atoms with Crippen LogP contribution in [0.4, 0.5) is 26.3 Å². The number of amides is 3. The fraction of sp³-hybridized carbons (Fsp3) is 0.595. The Kier molecular flexibility index (Phi) is 29.6. The van der Waals surface area contributed by atoms with Crippen molar-refractivity contribution in [1.29, 1.82) is 0 Å². The number of rotatable bonds is 26. The van der Waals surface area contributed by atoms with Crippen molar-refractivity contribution in [2.45, 2.75) is 134 Å². The van der Waals surface area contributed by atoms with Gasteiger partial charge in [0.05, 0.1) is 0 Å². The third-order valence-electron chi connectivity index (χ3n) is 9.01. The van der Waals surface area contributed by atoms with Crippen LogP contribution >= 0.6 is 0 Å². The van der Waals surface area contributed by atoms with Crippen molar-refractivity contribution in [2.75, 3.05) is 26.2 Å². The maximum atomic E-state index is 13.2. The van der Waals surface area contributed by atoms with Crippen molar-refractivity contribution in [3.8, 4) is 0 Å². The Morgan fingerprint density at radius 3 is 1.20 bits per heavy atom. The zero-order valence-corrected chi connectivity index (χ0v) is 34.6. The van der Waals surface area contributed by atoms with Crippen LogP contribution in [0.1, 0.15) is 108 Å². The Morgan fingerprint density at radius 1 is 0.567 bits per heavy atom. The molecule has 340 valence electrons. The summed E-state index contributed by atoms with van der Waals surface area (Å²) in [5, 5.41) is 23.6. The summed E-state index contributed by atoms with van der Waals surface area (Å²) in [6.45, 7) is 4.42. The summed E-state index contributed by atoms with van der Waals surface area (Å²) < 4.78 is 63.1. The molecule has 0 spiro atoms. The third-order valence-corrected chi connectivity index (χ3v) is 9.01. The van der Waals surface area contributed by atoms with Crippen molar-refractivity contribution >= 4 is 29.7 Å². The monoisotopic (exact) mass is 863 g/mol. The largest absolute Gasteiger partial charge is 0.542 e. The lowest BCUT2D eigenvalue weighted by atomic mass is 10.1. The van der Waals surface area contributed by atoms with Gasteiger partial charge in [-0.05, 0) is 30.4 Å². The van der Waals surface area contributed by atoms with Gasteiger partial charge in [-0.2, -0.15) is 26.3 Å². The summed E-state index contributed by atoms with van der Waals surface area (Å²) in [6, 6.07) is 19.1. The van der Waals surface area contributed by atoms with Crippen LogP contribution in [0, 0.1) is 0 Å². The predicted octanol–water partition coefficient (Wildman–Crippen LogP) is 2.83. The van der Waals surface area contributed by atoms with Crippen LogP contribution in [0.2, 0.25) is 0 Å². The Hall–Kier alpha value is -4.71. The van der Waals surface area contributed by atoms with Crippen LogP contribution in [0.5, 0.6) is 0 Å². The van der Waals surface area contributed by atoms with Crippen molar-refractivity contribution in [3.05, 3.63) is 71.8 Å². The zero-order valence-electron chi connectivity index (χ0n) is 34.6. The summed E-state index contributed by atoms with van der Waals surface area (Å²) in [5.74, 6) is -5.99. The number of hydrogen-bond acceptors (Lipinski definition) is 7. The number of alkyl halides is 6. The minimum absolute atomic E-state index is 0.0661. The van der Waals surface area contributed by atoms with Crippen LogP contribution in [-0.2, 0) is 36.8 Å². The van der Waals surface area contributed by atoms with Gasteiger partial charge in [-0.25, -0.2) is 0 Å². The summed E-state index contributed by atoms with van der Waals surface area (Å²) >= 11 is 0. The van der Waals surface area contributed by atoms with Gasteiger partial charge in [0.15, 0.2) is 12.1 Å². The first-order chi connectivity index (χ1) is 28.3. The molecule has 0 bridgehead atoms. The van der Waals surface area contributed by atoms with Crippen molar-refractivity contribution in [1.82, 2.24) is 15.5 Å². The lowest BCUT2D eigenvalue weighted by molar-refractivity contribution is -0.403. The van der Waals surface area contributed by atoms with Crippen LogP contribution in [0.15, 0.2) is 60.7 Å². The highest BCUT2D eigenvalue weighted by molar-refractivity contribution is 5.81. The van der Waals surface area contributed by atoms with E-state index in [0.717, 1.165) is 24.0 Å². The number of nitrogens with one attached hydrogen (secondary N) is 2. The lowest BCUT2D eigenvalue weighted by Gasteiger charge is -2.23. The van der Waals surface area contributed by atoms with Gasteiger partial charge in [0.1, 0.15) is 11.9 Å². The van der Waals surface area contributed by atoms with Crippen molar-refractivity contribution in [3.63, 3.8) is 0 Å². The quantitative estimate of drug-likeness (QED) is 0.0820. The van der Waals surface area contributed by atoms with Crippen LogP contribution < -0.4 is 32.3 Å². The SMILES string of the molecule is CCCCCCCCCCCCCC(=O)N(CCCNC(=O)[C@@H]([NH3+])Cc1ccccc1)CCCNC(=O)[C@@H]([NH3+])Cc1ccccc1.O=C([O-])C(F)(F)F.O=C([O-])C(F)(F)F. The molecule has 0 aliphatic heterocycles. The Bertz CT molecular complexity index is 1390. The number of hydrogen-bond donors (Lipinski definition) is 4. The second-order valence-electron chi connectivity index (χ2n) is 14.3. The normalized spacial score (nSPS) is 12.1. The molecule has 0 aliphatic rings. The molecule has 0 saturated heterocycles. The number of quaternary nitrogens is 2. The molecule has 2 atom stereocenters. The molecule has 18 heteroatoms. The Morgan fingerprint density at radius 2 is 0.883 bits per heavy atom. The maximum absolute atomic E-state index is 13.2. The number of benzene rings is 2. The molecule has 0 saturated carbocycles. The van der Waals surface area contributed by atoms with E-state index >= 15 is 0 Å². The summed E-state index contributed by atoms with van der Waals surface area (Å²) in [4.78, 5) is 57.9. The van der Waals surface area contributed by atoms with E-state index in [0.29, 0.717) is 58.3 Å². The maximum Gasteiger partial charge on any atom is 0.430 e. The molecule has 2 aromatic carbocycles. The molecule has 2 rings (SSSR count). The van der Waals surface area contributed by atoms with Crippen LogP contribution in [0.3, 0.4) is 0 Å². The van der Waals surface area contributed by atoms with Gasteiger partial charge in [0.25, 0.3) is 11.8 Å². The highest BCUT2D eigenvalue weighted by Gasteiger charge is 2.29. The topological polar surface area (TPSA) is 214 Å². The Labute approximate surface area is 348 Å². The van der Waals surface area contributed by atoms with Gasteiger partial charge < -0.3 is 46.8 Å². The molecular formula is C42H63F6N5O7. The molecular weight excluding hydrogens is 800 g/mol. The molecule has 0 fully saturated rings. The van der Waals surface area contributed by atoms with E-state index in [2.05, 4.69) is 29.0 Å². The van der Waals surface area contributed by atoms with Gasteiger partial charge in [0.2, 0.25) is 5.91 Å². The minimum Gasteiger partial charge on any atom is -0.542 e. The Balaban J connectivity index is 0.00000211. The number of carboxylic acid groups (broad SMARTS) is 2. The molecule has 0 heterocycles. The second kappa shape index (κ2) is 32.1. The standard InChI is InChI=1S/C38H61N5O3.2C2HF3O2/c1-2-3-4-5-6-7-8-9-10-11-18-25-36(44)43(28-19-26-41-37(45)34(39)30-32-21-14-12-15-22-32)29-20-27-42-38(46)35(40)31-33-23-16-13-17-24-33;2*3-2(4,5)1(6)7/h12-17,21-24,34-35H,2-11,18-20,25-31,39-40H2,1H3,(H,41,45)(H,42,46);2*(H,6,7)/t34-,35-;;/m0../s1. The molecule has 0 unspecified atom stereocenters. The second-order valence-corrected chi connectivity index (χ2v) is 14.3. The van der Waals surface area contributed by atoms with Gasteiger partial charge in [-0.3, -0.25) is 14.4 Å². The number of carbonyl (C=O) groups is 5. The first-order valence-electron chi connectivity index (χ1n) is 20.4. The number of aliphatic carboxylic acids is 2. The number of carboxylic acids is 2. The summed E-state index contributed by atoms with van der Waals surface area (Å²) in [6.07, 6.45) is 6.48. The average Bonchev–Trinajstić information content (AvgIpc) is 3.19. The van der Waals surface area contributed by atoms with Gasteiger partial charge >= 0.3 is 12.4 Å². The molecule has 60 heavy (non-hydrogen) atoms. The van der Waals surface area contributed by atoms with Crippen molar-refractivity contribution in [2.24, 2.45) is 0 Å². The zero-order chi connectivity index (χ0) is 45.4. The molecule has 0 aliphatic carbocycles. The molecule has 3 amide bonds. The fourth-order valence-corrected chi connectivity index (χ4v) is 5.69. The van der Waals surface area contributed by atoms with Gasteiger partial charge in [0, 0.05) is 45.4 Å². The number of nitrogens with zero attached hydrogens (tertiary/aromatic N) is 1. The molecule has 8 N–H and O–H groups in total.